The van der Waals surface area contributed by atoms with Gasteiger partial charge in [0.05, 0.1) is 20.3 Å². The first-order valence-electron chi connectivity index (χ1n) is 6.90. The van der Waals surface area contributed by atoms with Crippen LogP contribution in [0.3, 0.4) is 0 Å². The van der Waals surface area contributed by atoms with Gasteiger partial charge in [-0.3, -0.25) is 0 Å². The number of allylic oxidation sites excluding steroid dienone is 1. The second kappa shape index (κ2) is 7.84. The zero-order valence-corrected chi connectivity index (χ0v) is 12.7. The summed E-state index contributed by atoms with van der Waals surface area (Å²) in [5, 5.41) is 0. The second-order valence-corrected chi connectivity index (χ2v) is 4.57. The number of carbonyl (C=O) groups excluding carboxylic acids is 1. The first kappa shape index (κ1) is 15.6. The van der Waals surface area contributed by atoms with Crippen LogP contribution in [0, 0.1) is 0 Å². The highest BCUT2D eigenvalue weighted by atomic mass is 16.5. The Bertz CT molecular complexity index is 670. The van der Waals surface area contributed by atoms with Crippen molar-refractivity contribution in [3.8, 4) is 0 Å². The summed E-state index contributed by atoms with van der Waals surface area (Å²) in [5.41, 5.74) is 2.80. The molecular weight excluding hydrogens is 276 g/mol. The van der Waals surface area contributed by atoms with Gasteiger partial charge in [-0.25, -0.2) is 4.79 Å². The van der Waals surface area contributed by atoms with Crippen molar-refractivity contribution in [3.63, 3.8) is 0 Å². The van der Waals surface area contributed by atoms with Crippen LogP contribution in [0.5, 0.6) is 0 Å². The SMILES string of the molecule is COC(=O)C=C(OC)C(=Cc1ccccc1)c1ccccc1. The second-order valence-electron chi connectivity index (χ2n) is 4.57. The quantitative estimate of drug-likeness (QED) is 0.275. The van der Waals surface area contributed by atoms with Crippen LogP contribution in [-0.2, 0) is 14.3 Å². The Morgan fingerprint density at radius 1 is 0.864 bits per heavy atom. The first-order chi connectivity index (χ1) is 10.7. The number of methoxy groups -OCH3 is 2. The predicted octanol–water partition coefficient (Wildman–Crippen LogP) is 3.93. The number of hydrogen-bond donors (Lipinski definition) is 0. The highest BCUT2D eigenvalue weighted by Crippen LogP contribution is 2.26. The standard InChI is InChI=1S/C19H18O3/c1-21-18(14-19(20)22-2)17(16-11-7-4-8-12-16)13-15-9-5-3-6-10-15/h3-14H,1-2H3. The van der Waals surface area contributed by atoms with Crippen molar-refractivity contribution in [3.05, 3.63) is 83.6 Å². The Morgan fingerprint density at radius 3 is 2.00 bits per heavy atom. The van der Waals surface area contributed by atoms with Crippen LogP contribution in [0.25, 0.3) is 11.6 Å². The van der Waals surface area contributed by atoms with E-state index in [0.29, 0.717) is 5.76 Å². The molecule has 3 nitrogen and oxygen atoms in total. The largest absolute Gasteiger partial charge is 0.496 e. The lowest BCUT2D eigenvalue weighted by atomic mass is 10.0. The molecule has 0 atom stereocenters. The molecule has 0 aliphatic heterocycles. The fraction of sp³-hybridized carbons (Fsp3) is 0.105. The molecule has 0 aliphatic rings. The van der Waals surface area contributed by atoms with Gasteiger partial charge in [0.25, 0.3) is 0 Å². The van der Waals surface area contributed by atoms with Crippen molar-refractivity contribution in [1.29, 1.82) is 0 Å². The van der Waals surface area contributed by atoms with Gasteiger partial charge >= 0.3 is 5.97 Å². The van der Waals surface area contributed by atoms with Crippen LogP contribution in [0.15, 0.2) is 72.5 Å². The fourth-order valence-electron chi connectivity index (χ4n) is 2.04. The van der Waals surface area contributed by atoms with Crippen molar-refractivity contribution in [2.75, 3.05) is 14.2 Å². The van der Waals surface area contributed by atoms with E-state index in [0.717, 1.165) is 16.7 Å². The highest BCUT2D eigenvalue weighted by Gasteiger charge is 2.11. The van der Waals surface area contributed by atoms with Crippen molar-refractivity contribution >= 4 is 17.6 Å². The van der Waals surface area contributed by atoms with Crippen molar-refractivity contribution in [2.24, 2.45) is 0 Å². The summed E-state index contributed by atoms with van der Waals surface area (Å²) in [6.07, 6.45) is 3.33. The molecule has 0 aromatic heterocycles. The minimum atomic E-state index is -0.452. The molecule has 112 valence electrons. The maximum absolute atomic E-state index is 11.6. The lowest BCUT2D eigenvalue weighted by Crippen LogP contribution is -2.01. The third kappa shape index (κ3) is 4.09. The van der Waals surface area contributed by atoms with Crippen LogP contribution < -0.4 is 0 Å². The molecular formula is C19H18O3. The molecule has 2 aromatic rings. The van der Waals surface area contributed by atoms with Gasteiger partial charge in [-0.15, -0.1) is 0 Å². The van der Waals surface area contributed by atoms with Crippen LogP contribution >= 0.6 is 0 Å². The molecule has 0 spiro atoms. The van der Waals surface area contributed by atoms with E-state index in [-0.39, 0.29) is 0 Å². The highest BCUT2D eigenvalue weighted by molar-refractivity contribution is 5.94. The Balaban J connectivity index is 2.53. The first-order valence-corrected chi connectivity index (χ1v) is 6.90. The van der Waals surface area contributed by atoms with Gasteiger partial charge in [-0.1, -0.05) is 60.7 Å². The Labute approximate surface area is 130 Å². The van der Waals surface area contributed by atoms with E-state index in [9.17, 15) is 4.79 Å². The topological polar surface area (TPSA) is 35.5 Å². The maximum Gasteiger partial charge on any atom is 0.334 e. The summed E-state index contributed by atoms with van der Waals surface area (Å²) in [5.74, 6) is 0.00801. The summed E-state index contributed by atoms with van der Waals surface area (Å²) < 4.78 is 10.1. The van der Waals surface area contributed by atoms with Gasteiger partial charge in [-0.05, 0) is 17.2 Å². The van der Waals surface area contributed by atoms with E-state index in [1.165, 1.54) is 20.3 Å². The van der Waals surface area contributed by atoms with E-state index in [1.54, 1.807) is 0 Å². The monoisotopic (exact) mass is 294 g/mol. The van der Waals surface area contributed by atoms with Gasteiger partial charge in [0.15, 0.2) is 0 Å². The fourth-order valence-corrected chi connectivity index (χ4v) is 2.04. The minimum absolute atomic E-state index is 0.452. The molecule has 0 fully saturated rings. The molecule has 0 heterocycles. The van der Waals surface area contributed by atoms with Crippen molar-refractivity contribution < 1.29 is 14.3 Å². The number of carbonyl (C=O) groups is 1. The zero-order valence-electron chi connectivity index (χ0n) is 12.7. The number of hydrogen-bond acceptors (Lipinski definition) is 3. The molecule has 3 heteroatoms. The summed E-state index contributed by atoms with van der Waals surface area (Å²) >= 11 is 0. The average molecular weight is 294 g/mol. The molecule has 0 amide bonds. The van der Waals surface area contributed by atoms with Gasteiger partial charge in [0.2, 0.25) is 0 Å². The van der Waals surface area contributed by atoms with E-state index in [2.05, 4.69) is 0 Å². The predicted molar refractivity (Wildman–Crippen MR) is 87.9 cm³/mol. The molecule has 22 heavy (non-hydrogen) atoms. The molecule has 0 N–H and O–H groups in total. The summed E-state index contributed by atoms with van der Waals surface area (Å²) in [6, 6.07) is 19.6. The molecule has 0 aliphatic carbocycles. The van der Waals surface area contributed by atoms with E-state index in [4.69, 9.17) is 9.47 Å². The summed E-state index contributed by atoms with van der Waals surface area (Å²) in [4.78, 5) is 11.6. The molecule has 0 radical (unpaired) electrons. The molecule has 2 rings (SSSR count). The number of benzene rings is 2. The molecule has 0 unspecified atom stereocenters. The van der Waals surface area contributed by atoms with Gasteiger partial charge < -0.3 is 9.47 Å². The Hall–Kier alpha value is -2.81. The third-order valence-electron chi connectivity index (χ3n) is 3.13. The van der Waals surface area contributed by atoms with E-state index < -0.39 is 5.97 Å². The zero-order chi connectivity index (χ0) is 15.8. The average Bonchev–Trinajstić information content (AvgIpc) is 2.59. The third-order valence-corrected chi connectivity index (χ3v) is 3.13. The van der Waals surface area contributed by atoms with E-state index in [1.807, 2.05) is 66.7 Å². The van der Waals surface area contributed by atoms with Gasteiger partial charge in [-0.2, -0.15) is 0 Å². The van der Waals surface area contributed by atoms with Crippen LogP contribution in [0.1, 0.15) is 11.1 Å². The normalized spacial score (nSPS) is 11.9. The number of ether oxygens (including phenoxy) is 2. The Morgan fingerprint density at radius 2 is 1.45 bits per heavy atom. The molecule has 0 bridgehead atoms. The van der Waals surface area contributed by atoms with Gasteiger partial charge in [0.1, 0.15) is 5.76 Å². The molecule has 2 aromatic carbocycles. The molecule has 0 saturated heterocycles. The van der Waals surface area contributed by atoms with E-state index >= 15 is 0 Å². The number of rotatable bonds is 5. The smallest absolute Gasteiger partial charge is 0.334 e. The van der Waals surface area contributed by atoms with Crippen LogP contribution in [-0.4, -0.2) is 20.2 Å². The molecule has 0 saturated carbocycles. The summed E-state index contributed by atoms with van der Waals surface area (Å²) in [7, 11) is 2.88. The summed E-state index contributed by atoms with van der Waals surface area (Å²) in [6.45, 7) is 0. The lowest BCUT2D eigenvalue weighted by molar-refractivity contribution is -0.135. The van der Waals surface area contributed by atoms with Crippen molar-refractivity contribution in [2.45, 2.75) is 0 Å². The lowest BCUT2D eigenvalue weighted by Gasteiger charge is -2.12. The minimum Gasteiger partial charge on any atom is -0.496 e. The van der Waals surface area contributed by atoms with Gasteiger partial charge in [0, 0.05) is 5.57 Å². The maximum atomic E-state index is 11.6. The van der Waals surface area contributed by atoms with Crippen LogP contribution in [0.4, 0.5) is 0 Å². The van der Waals surface area contributed by atoms with Crippen molar-refractivity contribution in [1.82, 2.24) is 0 Å². The Kier molecular flexibility index (Phi) is 5.55. The van der Waals surface area contributed by atoms with Crippen LogP contribution in [0.2, 0.25) is 0 Å². The number of esters is 1.